The van der Waals surface area contributed by atoms with Crippen LogP contribution >= 0.6 is 0 Å². The summed E-state index contributed by atoms with van der Waals surface area (Å²) in [6, 6.07) is -1.02. The highest BCUT2D eigenvalue weighted by atomic mass is 16.3. The first kappa shape index (κ1) is 18.1. The molecule has 49 heavy (non-hydrogen) atoms. The van der Waals surface area contributed by atoms with Crippen LogP contribution in [0.5, 0.6) is 0 Å². The lowest BCUT2D eigenvalue weighted by molar-refractivity contribution is 0.559. The van der Waals surface area contributed by atoms with E-state index in [2.05, 4.69) is 47.6 Å². The van der Waals surface area contributed by atoms with Crippen molar-refractivity contribution in [2.24, 2.45) is 0 Å². The van der Waals surface area contributed by atoms with E-state index in [1.165, 1.54) is 4.90 Å². The molecule has 1 aromatic heterocycles. The summed E-state index contributed by atoms with van der Waals surface area (Å²) in [5.74, 6) is 0. The zero-order chi connectivity index (χ0) is 48.2. The van der Waals surface area contributed by atoms with Gasteiger partial charge in [-0.1, -0.05) is 134 Å². The molecule has 8 rings (SSSR count). The van der Waals surface area contributed by atoms with Crippen molar-refractivity contribution in [1.29, 1.82) is 0 Å². The average molecular weight is 656 g/mol. The summed E-state index contributed by atoms with van der Waals surface area (Å²) in [6.45, 7) is 15.8. The molecule has 244 valence electrons. The Morgan fingerprint density at radius 2 is 1.24 bits per heavy atom. The Bertz CT molecular complexity index is 3220. The second-order valence-corrected chi connectivity index (χ2v) is 15.1. The number of nitrogens with zero attached hydrogens (tertiary/aromatic N) is 1. The van der Waals surface area contributed by atoms with Crippen molar-refractivity contribution in [3.05, 3.63) is 149 Å². The minimum Gasteiger partial charge on any atom is -0.456 e. The molecule has 0 N–H and O–H groups in total. The van der Waals surface area contributed by atoms with E-state index in [0.717, 1.165) is 16.5 Å². The van der Waals surface area contributed by atoms with Gasteiger partial charge in [-0.05, 0) is 98.2 Å². The third kappa shape index (κ3) is 5.17. The number of furan rings is 1. The van der Waals surface area contributed by atoms with Gasteiger partial charge < -0.3 is 9.32 Å². The summed E-state index contributed by atoms with van der Waals surface area (Å²) in [7, 11) is 0. The topological polar surface area (TPSA) is 16.4 Å². The Labute approximate surface area is 313 Å². The molecule has 0 radical (unpaired) electrons. The van der Waals surface area contributed by atoms with Crippen LogP contribution in [0.2, 0.25) is 0 Å². The monoisotopic (exact) mass is 655 g/mol. The zero-order valence-electron chi connectivity index (χ0n) is 44.7. The van der Waals surface area contributed by atoms with Crippen LogP contribution in [0.3, 0.4) is 0 Å². The molecule has 0 saturated carbocycles. The molecule has 0 amide bonds. The predicted molar refractivity (Wildman–Crippen MR) is 209 cm³/mol. The van der Waals surface area contributed by atoms with Crippen LogP contribution in [0.25, 0.3) is 44.2 Å². The first-order valence-corrected chi connectivity index (χ1v) is 16.2. The lowest BCUT2D eigenvalue weighted by Crippen LogP contribution is -2.16. The normalized spacial score (nSPS) is 18.4. The van der Waals surface area contributed by atoms with Gasteiger partial charge in [-0.2, -0.15) is 0 Å². The van der Waals surface area contributed by atoms with Gasteiger partial charge in [0.15, 0.2) is 0 Å². The predicted octanol–water partition coefficient (Wildman–Crippen LogP) is 13.6. The first-order valence-electron chi connectivity index (χ1n) is 24.2. The average Bonchev–Trinajstić information content (AvgIpc) is 3.72. The molecule has 1 aliphatic carbocycles. The Morgan fingerprint density at radius 3 is 1.96 bits per heavy atom. The van der Waals surface area contributed by atoms with Crippen LogP contribution in [0.4, 0.5) is 17.1 Å². The molecule has 0 spiro atoms. The zero-order valence-corrected chi connectivity index (χ0v) is 28.7. The van der Waals surface area contributed by atoms with Crippen LogP contribution in [0, 0.1) is 0 Å². The molecule has 0 fully saturated rings. The van der Waals surface area contributed by atoms with E-state index < -0.39 is 113 Å². The second kappa shape index (κ2) is 11.0. The minimum absolute atomic E-state index is 0.0103. The summed E-state index contributed by atoms with van der Waals surface area (Å²) < 4.78 is 150. The number of anilines is 3. The molecule has 2 nitrogen and oxygen atoms in total. The van der Waals surface area contributed by atoms with E-state index in [1.54, 1.807) is 32.0 Å². The van der Waals surface area contributed by atoms with E-state index in [4.69, 9.17) is 16.8 Å². The maximum atomic E-state index is 9.98. The highest BCUT2D eigenvalue weighted by Gasteiger charge is 2.36. The van der Waals surface area contributed by atoms with Gasteiger partial charge in [-0.15, -0.1) is 0 Å². The summed E-state index contributed by atoms with van der Waals surface area (Å²) in [5.41, 5.74) is -0.605. The van der Waals surface area contributed by atoms with Gasteiger partial charge in [-0.25, -0.2) is 0 Å². The molecular weight excluding hydrogens is 595 g/mol. The van der Waals surface area contributed by atoms with Crippen LogP contribution in [0.1, 0.15) is 99.6 Å². The maximum absolute atomic E-state index is 9.98. The standard InChI is InChI=1S/C47H45NO/c1-45(2,3)32-26-39-38-28-34(23-25-43(38)49-44(39)42(27-32)46(4,5)6)48(33-20-18-31(19-21-33)30-14-10-9-11-15-30)35-22-24-37-36-16-12-13-17-40(36)47(7,8)41(37)29-35/h9-29H,1-8H3/i9D,10D,11D,12D,13D,14D,15D,16D,17D,18D,19D,20D,21D,22D,24D,29D. The second-order valence-electron chi connectivity index (χ2n) is 15.1. The Balaban J connectivity index is 1.53. The molecular formula is C47H45NO. The Kier molecular flexibility index (Phi) is 4.04. The number of hydrogen-bond acceptors (Lipinski definition) is 2. The SMILES string of the molecule is [2H]c1c([2H])c([2H])c(-c2c([2H])c([2H])c(N(c3ccc4oc5c(C(C)(C)C)cc(C(C)(C)C)cc5c4c3)c3c([2H])c([2H])c4c(c3[2H])C(C)(C)c3c([2H])c([2H])c([2H])c([2H])c3-4)c([2H])c2[2H])c([2H])c1[2H]. The number of benzene rings is 6. The van der Waals surface area contributed by atoms with Gasteiger partial charge in [0.2, 0.25) is 0 Å². The number of hydrogen-bond donors (Lipinski definition) is 0. The minimum atomic E-state index is -1.35. The highest BCUT2D eigenvalue weighted by molar-refractivity contribution is 6.08. The van der Waals surface area contributed by atoms with Crippen molar-refractivity contribution in [1.82, 2.24) is 0 Å². The summed E-state index contributed by atoms with van der Waals surface area (Å²) >= 11 is 0. The number of rotatable bonds is 4. The van der Waals surface area contributed by atoms with E-state index in [9.17, 15) is 9.60 Å². The van der Waals surface area contributed by atoms with Crippen molar-refractivity contribution in [3.8, 4) is 22.3 Å². The van der Waals surface area contributed by atoms with E-state index in [1.807, 2.05) is 6.07 Å². The van der Waals surface area contributed by atoms with Crippen LogP contribution in [-0.2, 0) is 16.2 Å². The Hall–Kier alpha value is -5.08. The third-order valence-electron chi connectivity index (χ3n) is 9.28. The molecule has 0 atom stereocenters. The van der Waals surface area contributed by atoms with Gasteiger partial charge in [0.1, 0.15) is 11.2 Å². The van der Waals surface area contributed by atoms with Gasteiger partial charge in [0, 0.05) is 38.8 Å². The van der Waals surface area contributed by atoms with E-state index >= 15 is 0 Å². The van der Waals surface area contributed by atoms with Crippen molar-refractivity contribution >= 4 is 39.0 Å². The van der Waals surface area contributed by atoms with Gasteiger partial charge in [-0.3, -0.25) is 0 Å². The summed E-state index contributed by atoms with van der Waals surface area (Å²) in [6.07, 6.45) is 0. The summed E-state index contributed by atoms with van der Waals surface area (Å²) in [5, 5.41) is 1.30. The molecule has 7 aromatic rings. The van der Waals surface area contributed by atoms with E-state index in [0.29, 0.717) is 16.6 Å². The van der Waals surface area contributed by atoms with Gasteiger partial charge in [0.05, 0.1) is 21.9 Å². The van der Waals surface area contributed by atoms with Crippen LogP contribution in [0.15, 0.2) is 131 Å². The largest absolute Gasteiger partial charge is 0.456 e. The molecule has 0 saturated heterocycles. The summed E-state index contributed by atoms with van der Waals surface area (Å²) in [4.78, 5) is 1.19. The molecule has 2 heteroatoms. The van der Waals surface area contributed by atoms with Crippen molar-refractivity contribution in [3.63, 3.8) is 0 Å². The smallest absolute Gasteiger partial charge is 0.139 e. The molecule has 0 unspecified atom stereocenters. The van der Waals surface area contributed by atoms with Crippen LogP contribution in [-0.4, -0.2) is 0 Å². The van der Waals surface area contributed by atoms with Crippen LogP contribution < -0.4 is 4.90 Å². The fourth-order valence-electron chi connectivity index (χ4n) is 6.54. The lowest BCUT2D eigenvalue weighted by atomic mass is 9.79. The molecule has 0 aliphatic heterocycles. The van der Waals surface area contributed by atoms with Gasteiger partial charge >= 0.3 is 0 Å². The van der Waals surface area contributed by atoms with Crippen molar-refractivity contribution in [2.75, 3.05) is 4.90 Å². The maximum Gasteiger partial charge on any atom is 0.139 e. The molecule has 0 bridgehead atoms. The fourth-order valence-corrected chi connectivity index (χ4v) is 6.54. The molecule has 1 heterocycles. The van der Waals surface area contributed by atoms with Gasteiger partial charge in [0.25, 0.3) is 0 Å². The molecule has 6 aromatic carbocycles. The molecule has 1 aliphatic rings. The number of fused-ring (bicyclic) bond motifs is 6. The fraction of sp³-hybridized carbons (Fsp3) is 0.234. The van der Waals surface area contributed by atoms with Crippen molar-refractivity contribution < 1.29 is 26.3 Å². The Morgan fingerprint density at radius 1 is 0.592 bits per heavy atom. The highest BCUT2D eigenvalue weighted by Crippen LogP contribution is 2.51. The lowest BCUT2D eigenvalue weighted by Gasteiger charge is -2.28. The van der Waals surface area contributed by atoms with E-state index in [-0.39, 0.29) is 50.5 Å². The first-order chi connectivity index (χ1) is 30.0. The van der Waals surface area contributed by atoms with Crippen molar-refractivity contribution in [2.45, 2.75) is 71.6 Å². The third-order valence-corrected chi connectivity index (χ3v) is 9.28. The quantitative estimate of drug-likeness (QED) is 0.188.